The first kappa shape index (κ1) is 24.1. The summed E-state index contributed by atoms with van der Waals surface area (Å²) in [7, 11) is 0. The predicted octanol–water partition coefficient (Wildman–Crippen LogP) is 5.34. The van der Waals surface area contributed by atoms with E-state index in [9.17, 15) is 9.59 Å². The van der Waals surface area contributed by atoms with E-state index in [1.54, 1.807) is 4.90 Å². The molecule has 1 aliphatic heterocycles. The lowest BCUT2D eigenvalue weighted by Gasteiger charge is -2.32. The van der Waals surface area contributed by atoms with Crippen LogP contribution in [-0.4, -0.2) is 40.2 Å². The number of hydrogen-bond acceptors (Lipinski definition) is 4. The van der Waals surface area contributed by atoms with E-state index < -0.39 is 5.25 Å². The Bertz CT molecular complexity index is 886. The van der Waals surface area contributed by atoms with Crippen LogP contribution in [0.5, 0.6) is 0 Å². The third-order valence-electron chi connectivity index (χ3n) is 5.45. The SMILES string of the molecule is CCCCCCCN1C(=O)CC(C(=O)NCCc2ccccc2)SC1=Nc1ccccc1. The van der Waals surface area contributed by atoms with Crippen LogP contribution >= 0.6 is 11.8 Å². The predicted molar refractivity (Wildman–Crippen MR) is 133 cm³/mol. The van der Waals surface area contributed by atoms with Gasteiger partial charge in [0.05, 0.1) is 10.9 Å². The Labute approximate surface area is 195 Å². The van der Waals surface area contributed by atoms with Crippen molar-refractivity contribution in [2.75, 3.05) is 13.1 Å². The molecule has 0 radical (unpaired) electrons. The number of thioether (sulfide) groups is 1. The van der Waals surface area contributed by atoms with Gasteiger partial charge in [-0.2, -0.15) is 0 Å². The molecule has 6 heteroatoms. The Balaban J connectivity index is 1.62. The highest BCUT2D eigenvalue weighted by Gasteiger charge is 2.35. The zero-order valence-corrected chi connectivity index (χ0v) is 19.7. The van der Waals surface area contributed by atoms with Crippen molar-refractivity contribution in [3.05, 3.63) is 66.2 Å². The van der Waals surface area contributed by atoms with Crippen molar-refractivity contribution in [1.82, 2.24) is 10.2 Å². The molecular weight excluding hydrogens is 418 g/mol. The van der Waals surface area contributed by atoms with Gasteiger partial charge in [0.25, 0.3) is 0 Å². The second-order valence-corrected chi connectivity index (χ2v) is 9.20. The molecule has 0 saturated carbocycles. The summed E-state index contributed by atoms with van der Waals surface area (Å²) >= 11 is 1.40. The lowest BCUT2D eigenvalue weighted by molar-refractivity contribution is -0.130. The van der Waals surface area contributed by atoms with Crippen LogP contribution in [-0.2, 0) is 16.0 Å². The molecule has 0 aliphatic carbocycles. The topological polar surface area (TPSA) is 61.8 Å². The summed E-state index contributed by atoms with van der Waals surface area (Å²) in [5, 5.41) is 3.19. The second kappa shape index (κ2) is 13.1. The number of amides is 2. The van der Waals surface area contributed by atoms with Crippen LogP contribution in [0.2, 0.25) is 0 Å². The van der Waals surface area contributed by atoms with E-state index in [1.165, 1.54) is 36.6 Å². The molecule has 2 amide bonds. The Hall–Kier alpha value is -2.60. The molecule has 0 aromatic heterocycles. The minimum Gasteiger partial charge on any atom is -0.355 e. The third kappa shape index (κ3) is 7.52. The van der Waals surface area contributed by atoms with Gasteiger partial charge in [-0.1, -0.05) is 92.9 Å². The standard InChI is InChI=1S/C26H33N3O2S/c1-2-3-4-5-12-19-29-24(30)20-23(32-26(29)28-22-15-10-7-11-16-22)25(31)27-18-17-21-13-8-6-9-14-21/h6-11,13-16,23H,2-5,12,17-20H2,1H3,(H,27,31). The minimum absolute atomic E-state index is 0.0165. The number of nitrogens with one attached hydrogen (secondary N) is 1. The number of amidine groups is 1. The number of carbonyl (C=O) groups excluding carboxylic acids is 2. The van der Waals surface area contributed by atoms with E-state index in [0.717, 1.165) is 24.9 Å². The van der Waals surface area contributed by atoms with Crippen LogP contribution in [0, 0.1) is 0 Å². The zero-order chi connectivity index (χ0) is 22.6. The molecule has 1 heterocycles. The largest absolute Gasteiger partial charge is 0.355 e. The van der Waals surface area contributed by atoms with Gasteiger partial charge in [-0.25, -0.2) is 4.99 Å². The van der Waals surface area contributed by atoms with Crippen molar-refractivity contribution >= 4 is 34.4 Å². The lowest BCUT2D eigenvalue weighted by atomic mass is 10.1. The van der Waals surface area contributed by atoms with Crippen molar-refractivity contribution in [1.29, 1.82) is 0 Å². The summed E-state index contributed by atoms with van der Waals surface area (Å²) in [5.74, 6) is -0.111. The van der Waals surface area contributed by atoms with Gasteiger partial charge in [-0.05, 0) is 30.5 Å². The number of aliphatic imine (C=N–C) groups is 1. The van der Waals surface area contributed by atoms with Crippen LogP contribution in [0.1, 0.15) is 51.0 Å². The van der Waals surface area contributed by atoms with Gasteiger partial charge in [-0.3, -0.25) is 14.5 Å². The summed E-state index contributed by atoms with van der Waals surface area (Å²) in [6.07, 6.45) is 6.64. The van der Waals surface area contributed by atoms with E-state index in [0.29, 0.717) is 18.3 Å². The number of nitrogens with zero attached hydrogens (tertiary/aromatic N) is 2. The molecule has 32 heavy (non-hydrogen) atoms. The van der Waals surface area contributed by atoms with Crippen molar-refractivity contribution in [3.63, 3.8) is 0 Å². The van der Waals surface area contributed by atoms with Crippen molar-refractivity contribution in [3.8, 4) is 0 Å². The van der Waals surface area contributed by atoms with Gasteiger partial charge < -0.3 is 5.32 Å². The Morgan fingerprint density at radius 2 is 1.72 bits per heavy atom. The maximum atomic E-state index is 13.0. The second-order valence-electron chi connectivity index (χ2n) is 8.03. The van der Waals surface area contributed by atoms with Crippen molar-refractivity contribution in [2.24, 2.45) is 4.99 Å². The number of benzene rings is 2. The Morgan fingerprint density at radius 1 is 1.03 bits per heavy atom. The first-order chi connectivity index (χ1) is 15.7. The van der Waals surface area contributed by atoms with Crippen LogP contribution in [0.25, 0.3) is 0 Å². The maximum absolute atomic E-state index is 13.0. The third-order valence-corrected chi connectivity index (χ3v) is 6.64. The smallest absolute Gasteiger partial charge is 0.234 e. The van der Waals surface area contributed by atoms with Crippen molar-refractivity contribution < 1.29 is 9.59 Å². The van der Waals surface area contributed by atoms with E-state index >= 15 is 0 Å². The van der Waals surface area contributed by atoms with E-state index in [1.807, 2.05) is 60.7 Å². The first-order valence-corrected chi connectivity index (χ1v) is 12.5. The average Bonchev–Trinajstić information content (AvgIpc) is 2.81. The molecule has 170 valence electrons. The summed E-state index contributed by atoms with van der Waals surface area (Å²) in [4.78, 5) is 32.3. The lowest BCUT2D eigenvalue weighted by Crippen LogP contribution is -2.47. The molecule has 3 rings (SSSR count). The van der Waals surface area contributed by atoms with Crippen LogP contribution in [0.3, 0.4) is 0 Å². The highest BCUT2D eigenvalue weighted by atomic mass is 32.2. The van der Waals surface area contributed by atoms with Gasteiger partial charge in [0.2, 0.25) is 11.8 Å². The molecule has 2 aromatic rings. The molecule has 1 N–H and O–H groups in total. The van der Waals surface area contributed by atoms with E-state index in [-0.39, 0.29) is 18.2 Å². The van der Waals surface area contributed by atoms with E-state index in [2.05, 4.69) is 12.2 Å². The van der Waals surface area contributed by atoms with Crippen LogP contribution < -0.4 is 5.32 Å². The van der Waals surface area contributed by atoms with Gasteiger partial charge in [0.1, 0.15) is 0 Å². The number of carbonyl (C=O) groups is 2. The van der Waals surface area contributed by atoms with Gasteiger partial charge in [-0.15, -0.1) is 0 Å². The highest BCUT2D eigenvalue weighted by Crippen LogP contribution is 2.29. The fraction of sp³-hybridized carbons (Fsp3) is 0.423. The Kier molecular flexibility index (Phi) is 9.82. The number of rotatable bonds is 11. The molecule has 0 bridgehead atoms. The minimum atomic E-state index is -0.447. The molecule has 1 fully saturated rings. The maximum Gasteiger partial charge on any atom is 0.234 e. The van der Waals surface area contributed by atoms with Gasteiger partial charge in [0, 0.05) is 19.5 Å². The number of para-hydroxylation sites is 1. The molecule has 5 nitrogen and oxygen atoms in total. The molecule has 1 atom stereocenters. The molecule has 1 saturated heterocycles. The molecule has 0 spiro atoms. The number of hydrogen-bond donors (Lipinski definition) is 1. The quantitative estimate of drug-likeness (QED) is 0.469. The fourth-order valence-electron chi connectivity index (χ4n) is 3.64. The van der Waals surface area contributed by atoms with Gasteiger partial charge >= 0.3 is 0 Å². The van der Waals surface area contributed by atoms with Crippen molar-refractivity contribution in [2.45, 2.75) is 57.1 Å². The monoisotopic (exact) mass is 451 g/mol. The molecule has 1 aliphatic rings. The molecule has 1 unspecified atom stereocenters. The van der Waals surface area contributed by atoms with Crippen LogP contribution in [0.15, 0.2) is 65.7 Å². The first-order valence-electron chi connectivity index (χ1n) is 11.6. The zero-order valence-electron chi connectivity index (χ0n) is 18.8. The summed E-state index contributed by atoms with van der Waals surface area (Å²) in [6, 6.07) is 19.7. The highest BCUT2D eigenvalue weighted by molar-refractivity contribution is 8.15. The fourth-order valence-corrected chi connectivity index (χ4v) is 4.79. The summed E-state index contributed by atoms with van der Waals surface area (Å²) in [5.41, 5.74) is 1.98. The summed E-state index contributed by atoms with van der Waals surface area (Å²) < 4.78 is 0. The average molecular weight is 452 g/mol. The van der Waals surface area contributed by atoms with E-state index in [4.69, 9.17) is 4.99 Å². The molecular formula is C26H33N3O2S. The number of unbranched alkanes of at least 4 members (excludes halogenated alkanes) is 4. The molecule has 2 aromatic carbocycles. The van der Waals surface area contributed by atoms with Gasteiger partial charge in [0.15, 0.2) is 5.17 Å². The van der Waals surface area contributed by atoms with Crippen LogP contribution in [0.4, 0.5) is 5.69 Å². The normalized spacial score (nSPS) is 17.5. The Morgan fingerprint density at radius 3 is 2.44 bits per heavy atom. The summed E-state index contributed by atoms with van der Waals surface area (Å²) in [6.45, 7) is 3.41.